The lowest BCUT2D eigenvalue weighted by Crippen LogP contribution is -2.52. The maximum atomic E-state index is 12.7. The fourth-order valence-electron chi connectivity index (χ4n) is 2.41. The third kappa shape index (κ3) is 4.97. The van der Waals surface area contributed by atoms with Gasteiger partial charge in [0.05, 0.1) is 11.9 Å². The highest BCUT2D eigenvalue weighted by molar-refractivity contribution is 7.92. The van der Waals surface area contributed by atoms with Gasteiger partial charge in [-0.15, -0.1) is 0 Å². The van der Waals surface area contributed by atoms with Crippen molar-refractivity contribution in [3.63, 3.8) is 0 Å². The molecule has 0 aliphatic rings. The third-order valence-corrected chi connectivity index (χ3v) is 5.62. The Bertz CT molecular complexity index is 684. The molecule has 0 aromatic heterocycles. The van der Waals surface area contributed by atoms with Crippen molar-refractivity contribution in [1.82, 2.24) is 5.32 Å². The van der Waals surface area contributed by atoms with Crippen LogP contribution >= 0.6 is 0 Å². The lowest BCUT2D eigenvalue weighted by Gasteiger charge is -2.32. The zero-order valence-electron chi connectivity index (χ0n) is 15.8. The Morgan fingerprint density at radius 3 is 2.17 bits per heavy atom. The SMILES string of the molecule is CCC(C(=O)NC(C)C(C)C)N(c1ccc(C)c(C)c1)S(C)(=O)=O. The Labute approximate surface area is 146 Å². The van der Waals surface area contributed by atoms with Gasteiger partial charge in [-0.3, -0.25) is 9.10 Å². The van der Waals surface area contributed by atoms with Gasteiger partial charge < -0.3 is 5.32 Å². The van der Waals surface area contributed by atoms with Crippen LogP contribution < -0.4 is 9.62 Å². The first-order valence-electron chi connectivity index (χ1n) is 8.36. The molecule has 5 nitrogen and oxygen atoms in total. The Kier molecular flexibility index (Phi) is 6.84. The van der Waals surface area contributed by atoms with E-state index in [2.05, 4.69) is 5.32 Å². The zero-order valence-corrected chi connectivity index (χ0v) is 16.6. The zero-order chi connectivity index (χ0) is 18.7. The first-order chi connectivity index (χ1) is 11.0. The van der Waals surface area contributed by atoms with Gasteiger partial charge in [-0.1, -0.05) is 26.8 Å². The highest BCUT2D eigenvalue weighted by Crippen LogP contribution is 2.25. The van der Waals surface area contributed by atoms with Crippen LogP contribution in [0.1, 0.15) is 45.2 Å². The Hall–Kier alpha value is -1.56. The molecule has 1 aromatic rings. The monoisotopic (exact) mass is 354 g/mol. The van der Waals surface area contributed by atoms with Gasteiger partial charge in [-0.05, 0) is 56.4 Å². The third-order valence-electron chi connectivity index (χ3n) is 4.44. The van der Waals surface area contributed by atoms with E-state index in [1.807, 2.05) is 53.7 Å². The Morgan fingerprint density at radius 1 is 1.17 bits per heavy atom. The summed E-state index contributed by atoms with van der Waals surface area (Å²) in [6.45, 7) is 11.7. The van der Waals surface area contributed by atoms with Crippen LogP contribution in [0.3, 0.4) is 0 Å². The lowest BCUT2D eigenvalue weighted by atomic mass is 10.1. The summed E-state index contributed by atoms with van der Waals surface area (Å²) in [4.78, 5) is 12.7. The number of nitrogens with zero attached hydrogens (tertiary/aromatic N) is 1. The van der Waals surface area contributed by atoms with Crippen LogP contribution in [-0.2, 0) is 14.8 Å². The smallest absolute Gasteiger partial charge is 0.244 e. The number of nitrogens with one attached hydrogen (secondary N) is 1. The number of carbonyl (C=O) groups is 1. The molecule has 0 heterocycles. The standard InChI is InChI=1S/C18H30N2O3S/c1-8-17(18(21)19-15(6)12(2)3)20(24(7,22)23)16-10-9-13(4)14(5)11-16/h9-12,15,17H,8H2,1-7H3,(H,19,21). The number of amides is 1. The summed E-state index contributed by atoms with van der Waals surface area (Å²) >= 11 is 0. The molecule has 1 amide bonds. The summed E-state index contributed by atoms with van der Waals surface area (Å²) in [6, 6.07) is 4.67. The molecule has 0 fully saturated rings. The van der Waals surface area contributed by atoms with Crippen molar-refractivity contribution < 1.29 is 13.2 Å². The average Bonchev–Trinajstić information content (AvgIpc) is 2.46. The van der Waals surface area contributed by atoms with Crippen molar-refractivity contribution in [2.45, 2.75) is 60.0 Å². The van der Waals surface area contributed by atoms with Crippen LogP contribution in [0.25, 0.3) is 0 Å². The van der Waals surface area contributed by atoms with Gasteiger partial charge in [0.25, 0.3) is 0 Å². The minimum absolute atomic E-state index is 0.0206. The molecule has 0 radical (unpaired) electrons. The molecule has 0 saturated carbocycles. The molecule has 2 unspecified atom stereocenters. The summed E-state index contributed by atoms with van der Waals surface area (Å²) in [5, 5.41) is 2.93. The van der Waals surface area contributed by atoms with Crippen molar-refractivity contribution in [3.8, 4) is 0 Å². The van der Waals surface area contributed by atoms with Gasteiger partial charge in [0.15, 0.2) is 0 Å². The molecule has 136 valence electrons. The summed E-state index contributed by atoms with van der Waals surface area (Å²) in [5.74, 6) is 0.0158. The first kappa shape index (κ1) is 20.5. The van der Waals surface area contributed by atoms with Crippen LogP contribution in [0.15, 0.2) is 18.2 Å². The highest BCUT2D eigenvalue weighted by atomic mass is 32.2. The number of anilines is 1. The van der Waals surface area contributed by atoms with E-state index in [0.717, 1.165) is 17.4 Å². The average molecular weight is 355 g/mol. The first-order valence-corrected chi connectivity index (χ1v) is 10.2. The topological polar surface area (TPSA) is 66.5 Å². The molecule has 6 heteroatoms. The van der Waals surface area contributed by atoms with Gasteiger partial charge in [0.1, 0.15) is 6.04 Å². The van der Waals surface area contributed by atoms with Gasteiger partial charge in [0, 0.05) is 6.04 Å². The van der Waals surface area contributed by atoms with E-state index < -0.39 is 16.1 Å². The Balaban J connectivity index is 3.27. The van der Waals surface area contributed by atoms with Crippen molar-refractivity contribution >= 4 is 21.6 Å². The second-order valence-corrected chi connectivity index (χ2v) is 8.65. The van der Waals surface area contributed by atoms with E-state index in [4.69, 9.17) is 0 Å². The maximum absolute atomic E-state index is 12.7. The highest BCUT2D eigenvalue weighted by Gasteiger charge is 2.32. The maximum Gasteiger partial charge on any atom is 0.244 e. The number of rotatable bonds is 7. The quantitative estimate of drug-likeness (QED) is 0.818. The van der Waals surface area contributed by atoms with Gasteiger partial charge in [0.2, 0.25) is 15.9 Å². The second kappa shape index (κ2) is 8.01. The van der Waals surface area contributed by atoms with Crippen molar-refractivity contribution in [3.05, 3.63) is 29.3 Å². The van der Waals surface area contributed by atoms with Gasteiger partial charge in [-0.25, -0.2) is 8.42 Å². The summed E-state index contributed by atoms with van der Waals surface area (Å²) < 4.78 is 26.0. The number of aryl methyl sites for hydroxylation is 2. The molecule has 2 atom stereocenters. The van der Waals surface area contributed by atoms with E-state index in [9.17, 15) is 13.2 Å². The lowest BCUT2D eigenvalue weighted by molar-refractivity contribution is -0.123. The van der Waals surface area contributed by atoms with E-state index in [-0.39, 0.29) is 17.9 Å². The number of carbonyl (C=O) groups excluding carboxylic acids is 1. The van der Waals surface area contributed by atoms with Gasteiger partial charge in [-0.2, -0.15) is 0 Å². The minimum Gasteiger partial charge on any atom is -0.352 e. The van der Waals surface area contributed by atoms with Crippen molar-refractivity contribution in [1.29, 1.82) is 0 Å². The normalized spacial score (nSPS) is 14.3. The fraction of sp³-hybridized carbons (Fsp3) is 0.611. The predicted octanol–water partition coefficient (Wildman–Crippen LogP) is 3.01. The van der Waals surface area contributed by atoms with Crippen molar-refractivity contribution in [2.75, 3.05) is 10.6 Å². The summed E-state index contributed by atoms with van der Waals surface area (Å²) in [5.41, 5.74) is 2.60. The number of hydrogen-bond acceptors (Lipinski definition) is 3. The molecule has 24 heavy (non-hydrogen) atoms. The summed E-state index contributed by atoms with van der Waals surface area (Å²) in [7, 11) is -3.59. The van der Waals surface area contributed by atoms with Crippen LogP contribution in [0.2, 0.25) is 0 Å². The molecule has 1 aromatic carbocycles. The Morgan fingerprint density at radius 2 is 1.75 bits per heavy atom. The van der Waals surface area contributed by atoms with E-state index >= 15 is 0 Å². The van der Waals surface area contributed by atoms with Crippen molar-refractivity contribution in [2.24, 2.45) is 5.92 Å². The number of benzene rings is 1. The molecule has 0 spiro atoms. The molecular weight excluding hydrogens is 324 g/mol. The molecular formula is C18H30N2O3S. The number of sulfonamides is 1. The van der Waals surface area contributed by atoms with Gasteiger partial charge >= 0.3 is 0 Å². The largest absolute Gasteiger partial charge is 0.352 e. The van der Waals surface area contributed by atoms with Crippen LogP contribution in [0.4, 0.5) is 5.69 Å². The van der Waals surface area contributed by atoms with E-state index in [1.165, 1.54) is 4.31 Å². The minimum atomic E-state index is -3.59. The van der Waals surface area contributed by atoms with Crippen LogP contribution in [-0.4, -0.2) is 32.7 Å². The summed E-state index contributed by atoms with van der Waals surface area (Å²) in [6.07, 6.45) is 1.54. The van der Waals surface area contributed by atoms with Crippen LogP contribution in [0, 0.1) is 19.8 Å². The molecule has 0 bridgehead atoms. The molecule has 1 N–H and O–H groups in total. The fourth-order valence-corrected chi connectivity index (χ4v) is 3.61. The predicted molar refractivity (Wildman–Crippen MR) is 99.8 cm³/mol. The second-order valence-electron chi connectivity index (χ2n) is 6.79. The number of hydrogen-bond donors (Lipinski definition) is 1. The molecule has 0 aliphatic heterocycles. The van der Waals surface area contributed by atoms with Crippen LogP contribution in [0.5, 0.6) is 0 Å². The molecule has 0 aliphatic carbocycles. The molecule has 0 saturated heterocycles. The van der Waals surface area contributed by atoms with E-state index in [0.29, 0.717) is 12.1 Å². The van der Waals surface area contributed by atoms with E-state index in [1.54, 1.807) is 6.07 Å². The molecule has 1 rings (SSSR count).